The number of tetrazole rings is 1. The van der Waals surface area contributed by atoms with E-state index >= 15 is 0 Å². The van der Waals surface area contributed by atoms with Crippen molar-refractivity contribution in [1.82, 2.24) is 20.2 Å². The van der Waals surface area contributed by atoms with Gasteiger partial charge in [-0.05, 0) is 41.5 Å². The average molecular weight is 406 g/mol. The first-order valence-electron chi connectivity index (χ1n) is 10.3. The Morgan fingerprint density at radius 1 is 1.29 bits per heavy atom. The lowest BCUT2D eigenvalue weighted by Gasteiger charge is -2.38. The van der Waals surface area contributed by atoms with Gasteiger partial charge in [-0.25, -0.2) is 4.68 Å². The first kappa shape index (κ1) is 19.6. The van der Waals surface area contributed by atoms with Gasteiger partial charge in [0.15, 0.2) is 6.04 Å². The summed E-state index contributed by atoms with van der Waals surface area (Å²) in [6.45, 7) is 10.3. The van der Waals surface area contributed by atoms with Crippen LogP contribution in [-0.2, 0) is 11.3 Å². The maximum Gasteiger partial charge on any atom is 0.209 e. The molecule has 2 fully saturated rings. The van der Waals surface area contributed by atoms with Crippen molar-refractivity contribution in [3.05, 3.63) is 35.1 Å². The molecule has 0 bridgehead atoms. The van der Waals surface area contributed by atoms with Gasteiger partial charge in [0, 0.05) is 23.2 Å². The highest BCUT2D eigenvalue weighted by molar-refractivity contribution is 6.30. The average Bonchev–Trinajstić information content (AvgIpc) is 3.35. The van der Waals surface area contributed by atoms with Crippen LogP contribution in [0.1, 0.15) is 38.6 Å². The molecular weight excluding hydrogens is 376 g/mol. The van der Waals surface area contributed by atoms with Gasteiger partial charge in [-0.3, -0.25) is 0 Å². The van der Waals surface area contributed by atoms with Gasteiger partial charge in [-0.1, -0.05) is 31.5 Å². The zero-order valence-electron chi connectivity index (χ0n) is 16.7. The molecule has 0 unspecified atom stereocenters. The highest BCUT2D eigenvalue weighted by atomic mass is 35.5. The second kappa shape index (κ2) is 8.76. The Kier molecular flexibility index (Phi) is 6.13. The van der Waals surface area contributed by atoms with Crippen LogP contribution in [0.5, 0.6) is 0 Å². The minimum Gasteiger partial charge on any atom is -0.376 e. The van der Waals surface area contributed by atoms with Crippen LogP contribution in [-0.4, -0.2) is 59.1 Å². The van der Waals surface area contributed by atoms with Crippen LogP contribution in [0.2, 0.25) is 5.02 Å². The Balaban J connectivity index is 1.45. The van der Waals surface area contributed by atoms with E-state index in [1.807, 2.05) is 16.8 Å². The molecule has 7 nitrogen and oxygen atoms in total. The van der Waals surface area contributed by atoms with Crippen LogP contribution in [0.15, 0.2) is 24.3 Å². The molecule has 0 spiro atoms. The van der Waals surface area contributed by atoms with Gasteiger partial charge in [0.05, 0.1) is 38.8 Å². The van der Waals surface area contributed by atoms with Crippen molar-refractivity contribution in [3.8, 4) is 0 Å². The van der Waals surface area contributed by atoms with Crippen molar-refractivity contribution in [2.75, 3.05) is 37.7 Å². The van der Waals surface area contributed by atoms with Gasteiger partial charge in [-0.2, -0.15) is 0 Å². The molecule has 0 saturated carbocycles. The number of benzene rings is 1. The van der Waals surface area contributed by atoms with Gasteiger partial charge in [0.25, 0.3) is 0 Å². The number of ether oxygens (including phenoxy) is 1. The summed E-state index contributed by atoms with van der Waals surface area (Å²) in [6, 6.07) is 8.42. The van der Waals surface area contributed by atoms with Crippen molar-refractivity contribution in [1.29, 1.82) is 0 Å². The maximum absolute atomic E-state index is 6.17. The van der Waals surface area contributed by atoms with E-state index in [2.05, 4.69) is 46.4 Å². The standard InChI is InChI=1S/C20H29ClN6O/c1-15(2)19(20-22-23-24-27(20)14-18-7-4-12-28-18)26-10-8-25(9-11-26)17-6-3-5-16(21)13-17/h3,5-6,13,15,18-19H,4,7-12,14H2,1-2H3/p+1/t18-,19-/m0/s1. The molecule has 2 aliphatic rings. The summed E-state index contributed by atoms with van der Waals surface area (Å²) in [7, 11) is 0. The van der Waals surface area contributed by atoms with Crippen LogP contribution in [0.25, 0.3) is 0 Å². The lowest BCUT2D eigenvalue weighted by atomic mass is 10.0. The van der Waals surface area contributed by atoms with Gasteiger partial charge < -0.3 is 14.5 Å². The first-order chi connectivity index (χ1) is 13.6. The van der Waals surface area contributed by atoms with Crippen molar-refractivity contribution >= 4 is 17.3 Å². The number of aromatic nitrogens is 4. The van der Waals surface area contributed by atoms with E-state index in [0.717, 1.165) is 63.0 Å². The van der Waals surface area contributed by atoms with Crippen LogP contribution in [0.3, 0.4) is 0 Å². The first-order valence-corrected chi connectivity index (χ1v) is 10.7. The molecular formula is C20H30ClN6O+. The Labute approximate surface area is 171 Å². The zero-order chi connectivity index (χ0) is 19.5. The molecule has 2 aromatic rings. The third-order valence-electron chi connectivity index (χ3n) is 5.92. The summed E-state index contributed by atoms with van der Waals surface area (Å²) in [5.74, 6) is 1.46. The fourth-order valence-corrected chi connectivity index (χ4v) is 4.72. The number of nitrogens with one attached hydrogen (secondary N) is 1. The number of nitrogens with zero attached hydrogens (tertiary/aromatic N) is 5. The summed E-state index contributed by atoms with van der Waals surface area (Å²) >= 11 is 6.17. The minimum atomic E-state index is 0.240. The summed E-state index contributed by atoms with van der Waals surface area (Å²) < 4.78 is 7.78. The molecule has 28 heavy (non-hydrogen) atoms. The van der Waals surface area contributed by atoms with Crippen LogP contribution < -0.4 is 9.80 Å². The number of piperazine rings is 1. The Bertz CT molecular complexity index is 768. The minimum absolute atomic E-state index is 0.240. The van der Waals surface area contributed by atoms with E-state index < -0.39 is 0 Å². The van der Waals surface area contributed by atoms with E-state index in [-0.39, 0.29) is 12.1 Å². The lowest BCUT2D eigenvalue weighted by Crippen LogP contribution is -3.15. The largest absolute Gasteiger partial charge is 0.376 e. The normalized spacial score (nSPS) is 22.1. The van der Waals surface area contributed by atoms with Crippen molar-refractivity contribution in [2.24, 2.45) is 5.92 Å². The maximum atomic E-state index is 6.17. The Morgan fingerprint density at radius 3 is 2.79 bits per heavy atom. The van der Waals surface area contributed by atoms with Crippen molar-refractivity contribution in [2.45, 2.75) is 45.4 Å². The van der Waals surface area contributed by atoms with E-state index in [9.17, 15) is 0 Å². The predicted octanol–water partition coefficient (Wildman–Crippen LogP) is 1.61. The van der Waals surface area contributed by atoms with E-state index in [0.29, 0.717) is 5.92 Å². The van der Waals surface area contributed by atoms with E-state index in [1.165, 1.54) is 5.69 Å². The fraction of sp³-hybridized carbons (Fsp3) is 0.650. The summed E-state index contributed by atoms with van der Waals surface area (Å²) in [6.07, 6.45) is 2.47. The third kappa shape index (κ3) is 4.31. The van der Waals surface area contributed by atoms with Crippen LogP contribution in [0.4, 0.5) is 5.69 Å². The quantitative estimate of drug-likeness (QED) is 0.791. The third-order valence-corrected chi connectivity index (χ3v) is 6.16. The summed E-state index contributed by atoms with van der Waals surface area (Å²) in [4.78, 5) is 3.97. The molecule has 0 amide bonds. The highest BCUT2D eigenvalue weighted by Crippen LogP contribution is 2.22. The summed E-state index contributed by atoms with van der Waals surface area (Å²) in [5.41, 5.74) is 1.20. The Hall–Kier alpha value is -1.70. The van der Waals surface area contributed by atoms with E-state index in [4.69, 9.17) is 16.3 Å². The molecule has 0 radical (unpaired) electrons. The molecule has 2 aliphatic heterocycles. The molecule has 1 N–H and O–H groups in total. The van der Waals surface area contributed by atoms with Gasteiger partial charge >= 0.3 is 0 Å². The Morgan fingerprint density at radius 2 is 2.11 bits per heavy atom. The topological polar surface area (TPSA) is 60.5 Å². The van der Waals surface area contributed by atoms with Crippen molar-refractivity contribution in [3.63, 3.8) is 0 Å². The predicted molar refractivity (Wildman–Crippen MR) is 109 cm³/mol. The molecule has 8 heteroatoms. The number of hydrogen-bond acceptors (Lipinski definition) is 5. The van der Waals surface area contributed by atoms with Gasteiger partial charge in [0.1, 0.15) is 0 Å². The fourth-order valence-electron chi connectivity index (χ4n) is 4.53. The van der Waals surface area contributed by atoms with Gasteiger partial charge in [0.2, 0.25) is 5.82 Å². The SMILES string of the molecule is CC(C)[C@@H](c1nnnn1C[C@@H]1CCCO1)[NH+]1CCN(c2cccc(Cl)c2)CC1. The monoisotopic (exact) mass is 405 g/mol. The number of halogens is 1. The molecule has 0 aliphatic carbocycles. The molecule has 2 saturated heterocycles. The number of anilines is 1. The number of hydrogen-bond donors (Lipinski definition) is 1. The highest BCUT2D eigenvalue weighted by Gasteiger charge is 2.35. The number of quaternary nitrogens is 1. The van der Waals surface area contributed by atoms with E-state index in [1.54, 1.807) is 4.90 Å². The molecule has 152 valence electrons. The lowest BCUT2D eigenvalue weighted by molar-refractivity contribution is -0.937. The number of rotatable bonds is 6. The van der Waals surface area contributed by atoms with Crippen molar-refractivity contribution < 1.29 is 9.64 Å². The summed E-state index contributed by atoms with van der Waals surface area (Å²) in [5, 5.41) is 13.5. The molecule has 1 aromatic heterocycles. The smallest absolute Gasteiger partial charge is 0.209 e. The molecule has 2 atom stereocenters. The second-order valence-corrected chi connectivity index (χ2v) is 8.64. The van der Waals surface area contributed by atoms with Gasteiger partial charge in [-0.15, -0.1) is 5.10 Å². The van der Waals surface area contributed by atoms with Crippen LogP contribution in [0, 0.1) is 5.92 Å². The zero-order valence-corrected chi connectivity index (χ0v) is 17.5. The molecule has 4 rings (SSSR count). The van der Waals surface area contributed by atoms with Crippen LogP contribution >= 0.6 is 11.6 Å². The molecule has 1 aromatic carbocycles. The molecule has 3 heterocycles. The second-order valence-electron chi connectivity index (χ2n) is 8.20.